The van der Waals surface area contributed by atoms with Crippen molar-refractivity contribution in [2.45, 2.75) is 5.37 Å². The Kier molecular flexibility index (Phi) is 2.40. The minimum Gasteiger partial charge on any atom is -0.367 e. The molecule has 10 heavy (non-hydrogen) atoms. The van der Waals surface area contributed by atoms with Gasteiger partial charge in [-0.15, -0.1) is 0 Å². The van der Waals surface area contributed by atoms with E-state index in [2.05, 4.69) is 17.6 Å². The van der Waals surface area contributed by atoms with Crippen molar-refractivity contribution < 1.29 is 0 Å². The third kappa shape index (κ3) is 1.55. The summed E-state index contributed by atoms with van der Waals surface area (Å²) in [4.78, 5) is 5.04. The first-order valence-corrected chi connectivity index (χ1v) is 3.70. The van der Waals surface area contributed by atoms with Gasteiger partial charge in [0.15, 0.2) is 0 Å². The Hall–Kier alpha value is -0.410. The van der Waals surface area contributed by atoms with E-state index >= 15 is 0 Å². The predicted octanol–water partition coefficient (Wildman–Crippen LogP) is 1.50. The smallest absolute Gasteiger partial charge is 0.0794 e. The summed E-state index contributed by atoms with van der Waals surface area (Å²) >= 11 is 4.39. The zero-order valence-electron chi connectivity index (χ0n) is 6.20. The van der Waals surface area contributed by atoms with Crippen molar-refractivity contribution in [3.05, 3.63) is 24.0 Å². The minimum atomic E-state index is 0.200. The van der Waals surface area contributed by atoms with Gasteiger partial charge in [-0.2, -0.15) is 12.6 Å². The van der Waals surface area contributed by atoms with Crippen LogP contribution < -0.4 is 0 Å². The number of aromatic nitrogens is 1. The van der Waals surface area contributed by atoms with Gasteiger partial charge in [-0.05, 0) is 25.7 Å². The lowest BCUT2D eigenvalue weighted by atomic mass is 10.3. The third-order valence-electron chi connectivity index (χ3n) is 1.41. The van der Waals surface area contributed by atoms with Gasteiger partial charge in [0, 0.05) is 12.4 Å². The van der Waals surface area contributed by atoms with Crippen molar-refractivity contribution in [1.29, 1.82) is 0 Å². The molecule has 1 N–H and O–H groups in total. The lowest BCUT2D eigenvalue weighted by molar-refractivity contribution is 0.394. The number of rotatable bonds is 2. The predicted molar refractivity (Wildman–Crippen MR) is 46.2 cm³/mol. The first-order chi connectivity index (χ1) is 4.72. The summed E-state index contributed by atoms with van der Waals surface area (Å²) in [5.74, 6) is 0. The zero-order chi connectivity index (χ0) is 7.56. The topological polar surface area (TPSA) is 19.0 Å². The van der Waals surface area contributed by atoms with E-state index in [4.69, 9.17) is 0 Å². The molecule has 0 saturated heterocycles. The van der Waals surface area contributed by atoms with Crippen molar-refractivity contribution in [3.63, 3.8) is 0 Å². The van der Waals surface area contributed by atoms with Crippen LogP contribution in [0, 0.1) is 0 Å². The Morgan fingerprint density at radius 3 is 2.70 bits per heavy atom. The number of nitrogens with zero attached hydrogens (tertiary/aromatic N) is 1. The maximum atomic E-state index is 4.39. The molecule has 0 aliphatic carbocycles. The van der Waals surface area contributed by atoms with Crippen LogP contribution in [0.3, 0.4) is 0 Å². The monoisotopic (exact) mass is 156 g/mol. The second kappa shape index (κ2) is 3.12. The van der Waals surface area contributed by atoms with Crippen LogP contribution in [0.1, 0.15) is 10.9 Å². The summed E-state index contributed by atoms with van der Waals surface area (Å²) < 4.78 is 0. The Balaban J connectivity index is 2.68. The van der Waals surface area contributed by atoms with Crippen LogP contribution in [0.5, 0.6) is 0 Å². The number of aromatic amines is 1. The summed E-state index contributed by atoms with van der Waals surface area (Å²) in [6.07, 6.45) is 3.86. The minimum absolute atomic E-state index is 0.200. The molecule has 0 fully saturated rings. The van der Waals surface area contributed by atoms with Gasteiger partial charge in [0.2, 0.25) is 0 Å². The van der Waals surface area contributed by atoms with E-state index in [1.807, 2.05) is 37.5 Å². The Morgan fingerprint density at radius 1 is 1.60 bits per heavy atom. The molecular formula is C7H12N2S. The standard InChI is InChI=1S/C7H12N2S/c1-9(2)7(10)6-3-4-8-5-6/h3-5,7-8,10H,1-2H3. The number of H-pyrrole nitrogens is 1. The van der Waals surface area contributed by atoms with Gasteiger partial charge >= 0.3 is 0 Å². The average Bonchev–Trinajstić information content (AvgIpc) is 2.36. The Morgan fingerprint density at radius 2 is 2.30 bits per heavy atom. The van der Waals surface area contributed by atoms with Gasteiger partial charge < -0.3 is 4.98 Å². The highest BCUT2D eigenvalue weighted by atomic mass is 32.1. The lowest BCUT2D eigenvalue weighted by Gasteiger charge is -2.16. The number of hydrogen-bond acceptors (Lipinski definition) is 2. The molecule has 3 heteroatoms. The van der Waals surface area contributed by atoms with Crippen LogP contribution in [-0.2, 0) is 0 Å². The molecule has 0 saturated carbocycles. The Bertz CT molecular complexity index is 181. The molecule has 1 aromatic heterocycles. The molecule has 0 spiro atoms. The van der Waals surface area contributed by atoms with Crippen molar-refractivity contribution >= 4 is 12.6 Å². The van der Waals surface area contributed by atoms with Crippen LogP contribution in [0.15, 0.2) is 18.5 Å². The fourth-order valence-corrected chi connectivity index (χ4v) is 0.956. The van der Waals surface area contributed by atoms with E-state index in [0.29, 0.717) is 0 Å². The summed E-state index contributed by atoms with van der Waals surface area (Å²) in [6, 6.07) is 2.03. The lowest BCUT2D eigenvalue weighted by Crippen LogP contribution is -2.13. The molecule has 1 rings (SSSR count). The average molecular weight is 156 g/mol. The number of hydrogen-bond donors (Lipinski definition) is 2. The van der Waals surface area contributed by atoms with E-state index in [1.165, 1.54) is 5.56 Å². The first kappa shape index (κ1) is 7.69. The fraction of sp³-hybridized carbons (Fsp3) is 0.429. The third-order valence-corrected chi connectivity index (χ3v) is 2.17. The summed E-state index contributed by atoms with van der Waals surface area (Å²) in [6.45, 7) is 0. The molecule has 0 aliphatic heterocycles. The van der Waals surface area contributed by atoms with Crippen LogP contribution in [0.2, 0.25) is 0 Å². The van der Waals surface area contributed by atoms with Crippen molar-refractivity contribution in [2.75, 3.05) is 14.1 Å². The van der Waals surface area contributed by atoms with Gasteiger partial charge in [0.25, 0.3) is 0 Å². The molecule has 1 heterocycles. The fourth-order valence-electron chi connectivity index (χ4n) is 0.796. The second-order valence-corrected chi connectivity index (χ2v) is 2.97. The summed E-state index contributed by atoms with van der Waals surface area (Å²) in [7, 11) is 4.01. The van der Waals surface area contributed by atoms with Gasteiger partial charge in [-0.25, -0.2) is 0 Å². The van der Waals surface area contributed by atoms with Crippen LogP contribution in [-0.4, -0.2) is 24.0 Å². The molecule has 2 nitrogen and oxygen atoms in total. The Labute approximate surface area is 66.7 Å². The molecule has 0 radical (unpaired) electrons. The molecule has 1 atom stereocenters. The first-order valence-electron chi connectivity index (χ1n) is 3.19. The highest BCUT2D eigenvalue weighted by Gasteiger charge is 2.07. The molecule has 56 valence electrons. The molecule has 1 unspecified atom stereocenters. The van der Waals surface area contributed by atoms with Gasteiger partial charge in [0.1, 0.15) is 0 Å². The molecule has 0 amide bonds. The zero-order valence-corrected chi connectivity index (χ0v) is 7.10. The molecule has 0 aromatic carbocycles. The van der Waals surface area contributed by atoms with Crippen LogP contribution in [0.25, 0.3) is 0 Å². The summed E-state index contributed by atoms with van der Waals surface area (Å²) in [5.41, 5.74) is 1.20. The van der Waals surface area contributed by atoms with E-state index in [9.17, 15) is 0 Å². The van der Waals surface area contributed by atoms with Crippen LogP contribution in [0.4, 0.5) is 0 Å². The van der Waals surface area contributed by atoms with E-state index in [0.717, 1.165) is 0 Å². The summed E-state index contributed by atoms with van der Waals surface area (Å²) in [5, 5.41) is 0.200. The normalized spacial score (nSPS) is 14.0. The molecule has 1 aromatic rings. The van der Waals surface area contributed by atoms with Crippen molar-refractivity contribution in [2.24, 2.45) is 0 Å². The second-order valence-electron chi connectivity index (χ2n) is 2.48. The number of nitrogens with one attached hydrogen (secondary N) is 1. The molecule has 0 aliphatic rings. The van der Waals surface area contributed by atoms with Gasteiger partial charge in [-0.3, -0.25) is 4.90 Å². The molecular weight excluding hydrogens is 144 g/mol. The SMILES string of the molecule is CN(C)C(S)c1cc[nH]c1. The van der Waals surface area contributed by atoms with E-state index in [1.54, 1.807) is 0 Å². The highest BCUT2D eigenvalue weighted by Crippen LogP contribution is 2.20. The maximum absolute atomic E-state index is 4.39. The van der Waals surface area contributed by atoms with Crippen LogP contribution >= 0.6 is 12.6 Å². The largest absolute Gasteiger partial charge is 0.367 e. The van der Waals surface area contributed by atoms with Gasteiger partial charge in [-0.1, -0.05) is 0 Å². The van der Waals surface area contributed by atoms with Crippen molar-refractivity contribution in [3.8, 4) is 0 Å². The quantitative estimate of drug-likeness (QED) is 0.491. The highest BCUT2D eigenvalue weighted by molar-refractivity contribution is 7.80. The maximum Gasteiger partial charge on any atom is 0.0794 e. The van der Waals surface area contributed by atoms with E-state index < -0.39 is 0 Å². The van der Waals surface area contributed by atoms with Crippen molar-refractivity contribution in [1.82, 2.24) is 9.88 Å². The van der Waals surface area contributed by atoms with Gasteiger partial charge in [0.05, 0.1) is 5.37 Å². The van der Waals surface area contributed by atoms with E-state index in [-0.39, 0.29) is 5.37 Å². The molecule has 0 bridgehead atoms. The number of thiol groups is 1.